The molecular weight excluding hydrogens is 292 g/mol. The number of carboxylic acids is 1. The SMILES string of the molecule is CCOC(=O)Cc1c2ccccc2cc2ccc(C(=O)O)cc12. The summed E-state index contributed by atoms with van der Waals surface area (Å²) in [5, 5.41) is 12.9. The molecule has 0 spiro atoms. The van der Waals surface area contributed by atoms with E-state index in [2.05, 4.69) is 0 Å². The zero-order valence-corrected chi connectivity index (χ0v) is 12.7. The van der Waals surface area contributed by atoms with Gasteiger partial charge in [0.25, 0.3) is 0 Å². The molecule has 0 saturated carbocycles. The highest BCUT2D eigenvalue weighted by atomic mass is 16.5. The molecule has 0 aliphatic rings. The molecule has 23 heavy (non-hydrogen) atoms. The first kappa shape index (κ1) is 15.0. The van der Waals surface area contributed by atoms with Crippen LogP contribution in [0.25, 0.3) is 21.5 Å². The summed E-state index contributed by atoms with van der Waals surface area (Å²) in [5.74, 6) is -1.30. The van der Waals surface area contributed by atoms with Gasteiger partial charge in [-0.3, -0.25) is 4.79 Å². The zero-order valence-electron chi connectivity index (χ0n) is 12.7. The topological polar surface area (TPSA) is 63.6 Å². The Morgan fingerprint density at radius 3 is 2.48 bits per heavy atom. The molecule has 0 bridgehead atoms. The lowest BCUT2D eigenvalue weighted by molar-refractivity contribution is -0.142. The Balaban J connectivity index is 2.29. The van der Waals surface area contributed by atoms with Gasteiger partial charge in [-0.05, 0) is 52.2 Å². The predicted molar refractivity (Wildman–Crippen MR) is 88.8 cm³/mol. The van der Waals surface area contributed by atoms with Gasteiger partial charge < -0.3 is 9.84 Å². The van der Waals surface area contributed by atoms with Crippen LogP contribution in [0.3, 0.4) is 0 Å². The largest absolute Gasteiger partial charge is 0.478 e. The standard InChI is InChI=1S/C19H16O4/c1-2-23-18(20)11-17-15-6-4-3-5-12(15)9-13-7-8-14(19(21)22)10-16(13)17/h3-10H,2,11H2,1H3,(H,21,22). The van der Waals surface area contributed by atoms with Crippen molar-refractivity contribution in [3.8, 4) is 0 Å². The van der Waals surface area contributed by atoms with Gasteiger partial charge in [0.1, 0.15) is 0 Å². The zero-order chi connectivity index (χ0) is 16.4. The smallest absolute Gasteiger partial charge is 0.335 e. The summed E-state index contributed by atoms with van der Waals surface area (Å²) in [5.41, 5.74) is 1.01. The summed E-state index contributed by atoms with van der Waals surface area (Å²) in [6.45, 7) is 2.09. The average molecular weight is 308 g/mol. The van der Waals surface area contributed by atoms with Gasteiger partial charge >= 0.3 is 11.9 Å². The molecule has 4 nitrogen and oxygen atoms in total. The third kappa shape index (κ3) is 2.88. The van der Waals surface area contributed by atoms with Crippen molar-refractivity contribution in [2.75, 3.05) is 6.61 Å². The van der Waals surface area contributed by atoms with Crippen LogP contribution in [0.1, 0.15) is 22.8 Å². The molecule has 0 atom stereocenters. The van der Waals surface area contributed by atoms with Crippen LogP contribution < -0.4 is 0 Å². The van der Waals surface area contributed by atoms with Crippen molar-refractivity contribution in [3.05, 3.63) is 59.7 Å². The number of esters is 1. The Bertz CT molecular complexity index is 912. The highest BCUT2D eigenvalue weighted by molar-refractivity contribution is 6.06. The second-order valence-electron chi connectivity index (χ2n) is 5.30. The molecular formula is C19H16O4. The lowest BCUT2D eigenvalue weighted by Crippen LogP contribution is -2.08. The van der Waals surface area contributed by atoms with E-state index in [0.717, 1.165) is 27.1 Å². The quantitative estimate of drug-likeness (QED) is 0.588. The van der Waals surface area contributed by atoms with Gasteiger partial charge in [0.2, 0.25) is 0 Å². The number of carbonyl (C=O) groups is 2. The van der Waals surface area contributed by atoms with Crippen molar-refractivity contribution in [1.82, 2.24) is 0 Å². The highest BCUT2D eigenvalue weighted by Crippen LogP contribution is 2.30. The van der Waals surface area contributed by atoms with Crippen molar-refractivity contribution in [2.45, 2.75) is 13.3 Å². The molecule has 0 saturated heterocycles. The number of fused-ring (bicyclic) bond motifs is 2. The van der Waals surface area contributed by atoms with Crippen LogP contribution in [-0.2, 0) is 16.0 Å². The molecule has 0 radical (unpaired) electrons. The fraction of sp³-hybridized carbons (Fsp3) is 0.158. The highest BCUT2D eigenvalue weighted by Gasteiger charge is 2.14. The molecule has 0 unspecified atom stereocenters. The molecule has 0 aliphatic carbocycles. The number of carbonyl (C=O) groups excluding carboxylic acids is 1. The maximum Gasteiger partial charge on any atom is 0.335 e. The number of aromatic carboxylic acids is 1. The van der Waals surface area contributed by atoms with Crippen LogP contribution in [0.2, 0.25) is 0 Å². The summed E-state index contributed by atoms with van der Waals surface area (Å²) in [6, 6.07) is 14.8. The Hall–Kier alpha value is -2.88. The molecule has 0 amide bonds. The number of carboxylic acid groups (broad SMARTS) is 1. The van der Waals surface area contributed by atoms with Crippen molar-refractivity contribution in [3.63, 3.8) is 0 Å². The third-order valence-electron chi connectivity index (χ3n) is 3.85. The molecule has 0 heterocycles. The van der Waals surface area contributed by atoms with Gasteiger partial charge in [0.05, 0.1) is 18.6 Å². The number of ether oxygens (including phenoxy) is 1. The van der Waals surface area contributed by atoms with E-state index in [-0.39, 0.29) is 18.0 Å². The second kappa shape index (κ2) is 6.08. The van der Waals surface area contributed by atoms with E-state index in [4.69, 9.17) is 4.74 Å². The summed E-state index contributed by atoms with van der Waals surface area (Å²) < 4.78 is 5.07. The van der Waals surface area contributed by atoms with E-state index in [9.17, 15) is 14.7 Å². The van der Waals surface area contributed by atoms with Crippen LogP contribution in [0, 0.1) is 0 Å². The molecule has 0 aromatic heterocycles. The van der Waals surface area contributed by atoms with Crippen LogP contribution in [0.5, 0.6) is 0 Å². The van der Waals surface area contributed by atoms with Crippen molar-refractivity contribution in [2.24, 2.45) is 0 Å². The lowest BCUT2D eigenvalue weighted by Gasteiger charge is -2.12. The Morgan fingerprint density at radius 1 is 1.00 bits per heavy atom. The lowest BCUT2D eigenvalue weighted by atomic mass is 9.93. The minimum atomic E-state index is -0.984. The molecule has 116 valence electrons. The van der Waals surface area contributed by atoms with Gasteiger partial charge in [-0.25, -0.2) is 4.79 Å². The minimum Gasteiger partial charge on any atom is -0.478 e. The van der Waals surface area contributed by atoms with Crippen molar-refractivity contribution >= 4 is 33.5 Å². The summed E-state index contributed by atoms with van der Waals surface area (Å²) in [6.07, 6.45) is 0.120. The fourth-order valence-corrected chi connectivity index (χ4v) is 2.83. The van der Waals surface area contributed by atoms with E-state index < -0.39 is 5.97 Å². The minimum absolute atomic E-state index is 0.120. The first-order valence-corrected chi connectivity index (χ1v) is 7.43. The molecule has 0 aliphatic heterocycles. The van der Waals surface area contributed by atoms with E-state index in [1.807, 2.05) is 30.3 Å². The maximum atomic E-state index is 12.0. The molecule has 3 aromatic rings. The van der Waals surface area contributed by atoms with Gasteiger partial charge in [0, 0.05) is 0 Å². The average Bonchev–Trinajstić information content (AvgIpc) is 2.54. The van der Waals surface area contributed by atoms with Crippen molar-refractivity contribution in [1.29, 1.82) is 0 Å². The molecule has 3 rings (SSSR count). The van der Waals surface area contributed by atoms with Crippen molar-refractivity contribution < 1.29 is 19.4 Å². The molecule has 0 fully saturated rings. The monoisotopic (exact) mass is 308 g/mol. The third-order valence-corrected chi connectivity index (χ3v) is 3.85. The second-order valence-corrected chi connectivity index (χ2v) is 5.30. The summed E-state index contributed by atoms with van der Waals surface area (Å²) >= 11 is 0. The summed E-state index contributed by atoms with van der Waals surface area (Å²) in [7, 11) is 0. The first-order chi connectivity index (χ1) is 11.1. The van der Waals surface area contributed by atoms with E-state index in [0.29, 0.717) is 6.61 Å². The van der Waals surface area contributed by atoms with Crippen LogP contribution in [0.15, 0.2) is 48.5 Å². The number of rotatable bonds is 4. The number of hydrogen-bond donors (Lipinski definition) is 1. The van der Waals surface area contributed by atoms with E-state index >= 15 is 0 Å². The predicted octanol–water partition coefficient (Wildman–Crippen LogP) is 3.80. The Morgan fingerprint density at radius 2 is 1.74 bits per heavy atom. The van der Waals surface area contributed by atoms with Crippen LogP contribution in [0.4, 0.5) is 0 Å². The number of hydrogen-bond acceptors (Lipinski definition) is 3. The van der Waals surface area contributed by atoms with Crippen LogP contribution in [-0.4, -0.2) is 23.7 Å². The van der Waals surface area contributed by atoms with Gasteiger partial charge in [-0.1, -0.05) is 30.3 Å². The maximum absolute atomic E-state index is 12.0. The van der Waals surface area contributed by atoms with E-state index in [1.165, 1.54) is 0 Å². The Labute approximate surface area is 133 Å². The van der Waals surface area contributed by atoms with Gasteiger partial charge in [-0.2, -0.15) is 0 Å². The fourth-order valence-electron chi connectivity index (χ4n) is 2.83. The Kier molecular flexibility index (Phi) is 3.98. The van der Waals surface area contributed by atoms with E-state index in [1.54, 1.807) is 25.1 Å². The normalized spacial score (nSPS) is 10.8. The van der Waals surface area contributed by atoms with Gasteiger partial charge in [-0.15, -0.1) is 0 Å². The summed E-state index contributed by atoms with van der Waals surface area (Å²) in [4.78, 5) is 23.2. The molecule has 4 heteroatoms. The van der Waals surface area contributed by atoms with Gasteiger partial charge in [0.15, 0.2) is 0 Å². The first-order valence-electron chi connectivity index (χ1n) is 7.43. The van der Waals surface area contributed by atoms with Crippen LogP contribution >= 0.6 is 0 Å². The number of benzene rings is 3. The molecule has 1 N–H and O–H groups in total. The molecule has 3 aromatic carbocycles.